The van der Waals surface area contributed by atoms with Crippen molar-refractivity contribution in [1.29, 1.82) is 0 Å². The summed E-state index contributed by atoms with van der Waals surface area (Å²) >= 11 is 5.83. The third kappa shape index (κ3) is 3.47. The van der Waals surface area contributed by atoms with Crippen LogP contribution in [0.1, 0.15) is 24.2 Å². The highest BCUT2D eigenvalue weighted by Gasteiger charge is 2.19. The standard InChI is InChI=1S/C13H16ClNO3/c1-8(16)11-7-10(14)5-6-12(11)18-9(2)13(17)15(3)4/h5-7,9H,1-4H3. The van der Waals surface area contributed by atoms with Gasteiger partial charge in [-0.25, -0.2) is 0 Å². The molecule has 0 aliphatic rings. The first-order valence-electron chi connectivity index (χ1n) is 5.51. The zero-order valence-corrected chi connectivity index (χ0v) is 11.6. The van der Waals surface area contributed by atoms with Gasteiger partial charge in [0.05, 0.1) is 5.56 Å². The van der Waals surface area contributed by atoms with Gasteiger partial charge in [-0.2, -0.15) is 0 Å². The maximum Gasteiger partial charge on any atom is 0.262 e. The van der Waals surface area contributed by atoms with Crippen LogP contribution >= 0.6 is 11.6 Å². The van der Waals surface area contributed by atoms with Crippen LogP contribution < -0.4 is 4.74 Å². The average Bonchev–Trinajstić information content (AvgIpc) is 2.29. The van der Waals surface area contributed by atoms with E-state index in [4.69, 9.17) is 16.3 Å². The number of nitrogens with zero attached hydrogens (tertiary/aromatic N) is 1. The molecule has 0 heterocycles. The second kappa shape index (κ2) is 5.87. The summed E-state index contributed by atoms with van der Waals surface area (Å²) in [6.45, 7) is 3.07. The van der Waals surface area contributed by atoms with Crippen LogP contribution in [0.2, 0.25) is 5.02 Å². The predicted octanol–water partition coefficient (Wildman–Crippen LogP) is 2.40. The fourth-order valence-corrected chi connectivity index (χ4v) is 1.66. The summed E-state index contributed by atoms with van der Waals surface area (Å²) in [6, 6.07) is 4.75. The van der Waals surface area contributed by atoms with Gasteiger partial charge in [-0.05, 0) is 32.0 Å². The van der Waals surface area contributed by atoms with E-state index in [1.54, 1.807) is 33.2 Å². The van der Waals surface area contributed by atoms with E-state index in [-0.39, 0.29) is 11.7 Å². The minimum atomic E-state index is -0.653. The Labute approximate surface area is 111 Å². The van der Waals surface area contributed by atoms with Gasteiger partial charge >= 0.3 is 0 Å². The maximum atomic E-state index is 11.7. The summed E-state index contributed by atoms with van der Waals surface area (Å²) in [5.41, 5.74) is 0.376. The minimum Gasteiger partial charge on any atom is -0.480 e. The van der Waals surface area contributed by atoms with Crippen molar-refractivity contribution in [2.24, 2.45) is 0 Å². The van der Waals surface area contributed by atoms with Gasteiger partial charge in [-0.3, -0.25) is 9.59 Å². The fraction of sp³-hybridized carbons (Fsp3) is 0.385. The van der Waals surface area contributed by atoms with Gasteiger partial charge in [0.25, 0.3) is 5.91 Å². The van der Waals surface area contributed by atoms with Gasteiger partial charge in [0, 0.05) is 19.1 Å². The Morgan fingerprint density at radius 2 is 1.94 bits per heavy atom. The molecule has 1 aromatic carbocycles. The van der Waals surface area contributed by atoms with Gasteiger partial charge in [0.2, 0.25) is 0 Å². The molecule has 1 atom stereocenters. The predicted molar refractivity (Wildman–Crippen MR) is 70.2 cm³/mol. The Morgan fingerprint density at radius 1 is 1.33 bits per heavy atom. The van der Waals surface area contributed by atoms with Gasteiger partial charge in [0.15, 0.2) is 11.9 Å². The second-order valence-electron chi connectivity index (χ2n) is 4.19. The Kier molecular flexibility index (Phi) is 4.73. The normalized spacial score (nSPS) is 11.8. The van der Waals surface area contributed by atoms with Crippen molar-refractivity contribution in [2.75, 3.05) is 14.1 Å². The van der Waals surface area contributed by atoms with Crippen molar-refractivity contribution in [1.82, 2.24) is 4.90 Å². The van der Waals surface area contributed by atoms with Crippen molar-refractivity contribution >= 4 is 23.3 Å². The number of ketones is 1. The monoisotopic (exact) mass is 269 g/mol. The summed E-state index contributed by atoms with van der Waals surface area (Å²) in [4.78, 5) is 24.6. The Hall–Kier alpha value is -1.55. The number of hydrogen-bond donors (Lipinski definition) is 0. The molecule has 0 aromatic heterocycles. The number of likely N-dealkylation sites (N-methyl/N-ethyl adjacent to an activating group) is 1. The lowest BCUT2D eigenvalue weighted by Gasteiger charge is -2.19. The molecule has 0 fully saturated rings. The lowest BCUT2D eigenvalue weighted by atomic mass is 10.1. The van der Waals surface area contributed by atoms with Crippen LogP contribution in [-0.2, 0) is 4.79 Å². The lowest BCUT2D eigenvalue weighted by molar-refractivity contribution is -0.135. The topological polar surface area (TPSA) is 46.6 Å². The highest BCUT2D eigenvalue weighted by Crippen LogP contribution is 2.24. The molecule has 0 bridgehead atoms. The van der Waals surface area contributed by atoms with Crippen molar-refractivity contribution in [3.8, 4) is 5.75 Å². The molecule has 1 unspecified atom stereocenters. The molecule has 0 N–H and O–H groups in total. The zero-order chi connectivity index (χ0) is 13.9. The van der Waals surface area contributed by atoms with Crippen LogP contribution in [-0.4, -0.2) is 36.8 Å². The van der Waals surface area contributed by atoms with Crippen LogP contribution in [0.25, 0.3) is 0 Å². The van der Waals surface area contributed by atoms with Crippen LogP contribution in [0.5, 0.6) is 5.75 Å². The lowest BCUT2D eigenvalue weighted by Crippen LogP contribution is -2.35. The third-order valence-electron chi connectivity index (χ3n) is 2.41. The highest BCUT2D eigenvalue weighted by atomic mass is 35.5. The third-order valence-corrected chi connectivity index (χ3v) is 2.65. The SMILES string of the molecule is CC(=O)c1cc(Cl)ccc1OC(C)C(=O)N(C)C. The van der Waals surface area contributed by atoms with Gasteiger partial charge in [-0.15, -0.1) is 0 Å². The van der Waals surface area contributed by atoms with Crippen LogP contribution in [0, 0.1) is 0 Å². The minimum absolute atomic E-state index is 0.156. The molecule has 98 valence electrons. The van der Waals surface area contributed by atoms with Gasteiger partial charge in [-0.1, -0.05) is 11.6 Å². The fourth-order valence-electron chi connectivity index (χ4n) is 1.48. The molecule has 1 aromatic rings. The first kappa shape index (κ1) is 14.5. The molecule has 0 spiro atoms. The Balaban J connectivity index is 2.97. The molecule has 0 saturated carbocycles. The summed E-state index contributed by atoms with van der Waals surface area (Å²) in [5, 5.41) is 0.458. The van der Waals surface area contributed by atoms with Crippen molar-refractivity contribution in [3.05, 3.63) is 28.8 Å². The van der Waals surface area contributed by atoms with E-state index in [1.165, 1.54) is 17.9 Å². The number of halogens is 1. The molecule has 0 aliphatic carbocycles. The number of amides is 1. The van der Waals surface area contributed by atoms with E-state index >= 15 is 0 Å². The molecule has 1 rings (SSSR count). The Morgan fingerprint density at radius 3 is 2.44 bits per heavy atom. The van der Waals surface area contributed by atoms with Crippen molar-refractivity contribution in [3.63, 3.8) is 0 Å². The van der Waals surface area contributed by atoms with Crippen molar-refractivity contribution in [2.45, 2.75) is 20.0 Å². The van der Waals surface area contributed by atoms with E-state index < -0.39 is 6.10 Å². The summed E-state index contributed by atoms with van der Waals surface area (Å²) in [5.74, 6) is 0.0473. The molecule has 0 saturated heterocycles. The quantitative estimate of drug-likeness (QED) is 0.789. The zero-order valence-electron chi connectivity index (χ0n) is 10.9. The van der Waals surface area contributed by atoms with E-state index in [9.17, 15) is 9.59 Å². The Bertz CT molecular complexity index is 471. The highest BCUT2D eigenvalue weighted by molar-refractivity contribution is 6.31. The number of ether oxygens (including phenoxy) is 1. The number of carbonyl (C=O) groups is 2. The van der Waals surface area contributed by atoms with E-state index in [0.29, 0.717) is 16.3 Å². The number of benzene rings is 1. The number of carbonyl (C=O) groups excluding carboxylic acids is 2. The summed E-state index contributed by atoms with van der Waals surface area (Å²) in [7, 11) is 3.30. The van der Waals surface area contributed by atoms with Gasteiger partial charge < -0.3 is 9.64 Å². The first-order valence-corrected chi connectivity index (χ1v) is 5.89. The van der Waals surface area contributed by atoms with Crippen molar-refractivity contribution < 1.29 is 14.3 Å². The van der Waals surface area contributed by atoms with Crippen LogP contribution in [0.3, 0.4) is 0 Å². The number of rotatable bonds is 4. The molecule has 18 heavy (non-hydrogen) atoms. The van der Waals surface area contributed by atoms with Gasteiger partial charge in [0.1, 0.15) is 5.75 Å². The largest absolute Gasteiger partial charge is 0.480 e. The van der Waals surface area contributed by atoms with Crippen LogP contribution in [0.4, 0.5) is 0 Å². The van der Waals surface area contributed by atoms with E-state index in [2.05, 4.69) is 0 Å². The number of hydrogen-bond acceptors (Lipinski definition) is 3. The molecule has 5 heteroatoms. The summed E-state index contributed by atoms with van der Waals surface area (Å²) < 4.78 is 5.51. The molecule has 0 aliphatic heterocycles. The molecular formula is C13H16ClNO3. The van der Waals surface area contributed by atoms with Crippen LogP contribution in [0.15, 0.2) is 18.2 Å². The number of Topliss-reactive ketones (excluding diaryl/α,β-unsaturated/α-hetero) is 1. The smallest absolute Gasteiger partial charge is 0.262 e. The summed E-state index contributed by atoms with van der Waals surface area (Å²) in [6.07, 6.45) is -0.653. The first-order chi connectivity index (χ1) is 8.32. The molecule has 1 amide bonds. The molecule has 4 nitrogen and oxygen atoms in total. The maximum absolute atomic E-state index is 11.7. The average molecular weight is 270 g/mol. The van der Waals surface area contributed by atoms with E-state index in [1.807, 2.05) is 0 Å². The molecular weight excluding hydrogens is 254 g/mol. The molecule has 0 radical (unpaired) electrons. The second-order valence-corrected chi connectivity index (χ2v) is 4.63. The van der Waals surface area contributed by atoms with E-state index in [0.717, 1.165) is 0 Å².